The number of aliphatic hydroxyl groups excluding tert-OH is 2. The van der Waals surface area contributed by atoms with Crippen LogP contribution in [-0.2, 0) is 0 Å². The highest BCUT2D eigenvalue weighted by Gasteiger charge is 2.15. The summed E-state index contributed by atoms with van der Waals surface area (Å²) in [5, 5.41) is 35.6. The Morgan fingerprint density at radius 1 is 0.429 bits per heavy atom. The van der Waals surface area contributed by atoms with E-state index in [1.165, 1.54) is 11.4 Å². The Hall–Kier alpha value is -5.17. The van der Waals surface area contributed by atoms with Crippen molar-refractivity contribution in [2.45, 2.75) is 59.5 Å². The van der Waals surface area contributed by atoms with Gasteiger partial charge in [0, 0.05) is 68.6 Å². The monoisotopic (exact) mass is 896 g/mol. The minimum absolute atomic E-state index is 0.375. The van der Waals surface area contributed by atoms with E-state index in [2.05, 4.69) is 135 Å². The molecule has 0 aliphatic rings. The second kappa shape index (κ2) is 25.2. The molecule has 6 aromatic carbocycles. The van der Waals surface area contributed by atoms with Crippen molar-refractivity contribution in [1.82, 2.24) is 0 Å². The van der Waals surface area contributed by atoms with Gasteiger partial charge in [-0.1, -0.05) is 72.4 Å². The van der Waals surface area contributed by atoms with Gasteiger partial charge in [-0.25, -0.2) is 0 Å². The Morgan fingerprint density at radius 3 is 1.10 bits per heavy atom. The van der Waals surface area contributed by atoms with Crippen molar-refractivity contribution in [3.05, 3.63) is 169 Å². The first kappa shape index (κ1) is 47.3. The number of para-hydroxylation sites is 2. The summed E-state index contributed by atoms with van der Waals surface area (Å²) in [6.07, 6.45) is 2.54. The number of aliphatic hydroxyl groups is 2. The summed E-state index contributed by atoms with van der Waals surface area (Å²) in [6.45, 7) is 13.3. The molecule has 0 saturated carbocycles. The molecule has 2 atom stereocenters. The third-order valence-electron chi connectivity index (χ3n) is 10.4. The van der Waals surface area contributed by atoms with Crippen LogP contribution in [0.3, 0.4) is 0 Å². The lowest BCUT2D eigenvalue weighted by Gasteiger charge is -2.23. The molecule has 0 aliphatic carbocycles. The van der Waals surface area contributed by atoms with Gasteiger partial charge in [0.15, 0.2) is 0 Å². The highest BCUT2D eigenvalue weighted by Crippen LogP contribution is 2.32. The predicted molar refractivity (Wildman–Crippen MR) is 273 cm³/mol. The van der Waals surface area contributed by atoms with E-state index in [9.17, 15) is 10.2 Å². The van der Waals surface area contributed by atoms with Crippen LogP contribution in [0.2, 0.25) is 0 Å². The molecule has 0 spiro atoms. The molecule has 2 N–H and O–H groups in total. The summed E-state index contributed by atoms with van der Waals surface area (Å²) in [5.41, 5.74) is 6.29. The molecular formula is C52H60N6O2S3. The molecule has 6 aromatic rings. The number of nitrogens with zero attached hydrogens (tertiary/aromatic N) is 6. The summed E-state index contributed by atoms with van der Waals surface area (Å²) in [4.78, 5) is 9.14. The van der Waals surface area contributed by atoms with E-state index < -0.39 is 12.2 Å². The van der Waals surface area contributed by atoms with Gasteiger partial charge in [-0.05, 0) is 136 Å². The van der Waals surface area contributed by atoms with Gasteiger partial charge in [-0.2, -0.15) is 10.2 Å². The number of anilines is 4. The molecule has 0 saturated heterocycles. The number of benzene rings is 6. The fraction of sp³-hybridized carbons (Fsp3) is 0.269. The topological polar surface area (TPSA) is 78.1 Å². The third-order valence-corrected chi connectivity index (χ3v) is 13.7. The van der Waals surface area contributed by atoms with Crippen molar-refractivity contribution in [3.8, 4) is 0 Å². The van der Waals surface area contributed by atoms with Crippen molar-refractivity contribution < 1.29 is 10.2 Å². The predicted octanol–water partition coefficient (Wildman–Crippen LogP) is 11.5. The van der Waals surface area contributed by atoms with Crippen LogP contribution >= 0.6 is 35.3 Å². The van der Waals surface area contributed by atoms with E-state index in [0.717, 1.165) is 68.3 Å². The molecule has 0 radical (unpaired) electrons. The molecule has 2 unspecified atom stereocenters. The van der Waals surface area contributed by atoms with Gasteiger partial charge in [0.05, 0.1) is 49.1 Å². The smallest absolute Gasteiger partial charge is 0.0830 e. The first-order valence-corrected chi connectivity index (χ1v) is 24.6. The molecule has 0 heterocycles. The second-order valence-electron chi connectivity index (χ2n) is 14.8. The molecule has 0 amide bonds. The van der Waals surface area contributed by atoms with Gasteiger partial charge in [-0.3, -0.25) is 10.0 Å². The maximum atomic E-state index is 11.1. The minimum atomic E-state index is -0.591. The molecular weight excluding hydrogens is 837 g/mol. The average molecular weight is 897 g/mol. The fourth-order valence-corrected chi connectivity index (χ4v) is 9.32. The normalized spacial score (nSPS) is 12.4. The summed E-state index contributed by atoms with van der Waals surface area (Å²) < 4.78 is 0. The molecule has 11 heteroatoms. The average Bonchev–Trinajstić information content (AvgIpc) is 3.33. The second-order valence-corrected chi connectivity index (χ2v) is 18.2. The van der Waals surface area contributed by atoms with Crippen LogP contribution in [0.5, 0.6) is 0 Å². The van der Waals surface area contributed by atoms with E-state index in [1.807, 2.05) is 83.1 Å². The maximum absolute atomic E-state index is 11.1. The van der Waals surface area contributed by atoms with Gasteiger partial charge in [0.1, 0.15) is 0 Å². The molecule has 0 aliphatic heterocycles. The first-order valence-electron chi connectivity index (χ1n) is 21.8. The van der Waals surface area contributed by atoms with Gasteiger partial charge in [0.25, 0.3) is 0 Å². The number of hydrogen-bond acceptors (Lipinski definition) is 11. The van der Waals surface area contributed by atoms with Crippen LogP contribution in [-0.4, -0.2) is 85.6 Å². The Balaban J connectivity index is 0.965. The molecule has 63 heavy (non-hydrogen) atoms. The first-order chi connectivity index (χ1) is 30.8. The van der Waals surface area contributed by atoms with Crippen LogP contribution in [0.25, 0.3) is 0 Å². The Morgan fingerprint density at radius 2 is 0.762 bits per heavy atom. The highest BCUT2D eigenvalue weighted by atomic mass is 32.2. The van der Waals surface area contributed by atoms with Crippen LogP contribution in [0.15, 0.2) is 188 Å². The number of hydrogen-bond donors (Lipinski definition) is 2. The Labute approximate surface area is 387 Å². The lowest BCUT2D eigenvalue weighted by Crippen LogP contribution is -2.30. The molecule has 0 bridgehead atoms. The van der Waals surface area contributed by atoms with Crippen LogP contribution in [0.1, 0.15) is 38.8 Å². The zero-order valence-electron chi connectivity index (χ0n) is 36.8. The molecule has 6 rings (SSSR count). The lowest BCUT2D eigenvalue weighted by atomic mass is 10.2. The fourth-order valence-electron chi connectivity index (χ4n) is 6.86. The Bertz CT molecular complexity index is 2090. The molecule has 8 nitrogen and oxygen atoms in total. The van der Waals surface area contributed by atoms with Crippen molar-refractivity contribution in [3.63, 3.8) is 0 Å². The molecule has 0 fully saturated rings. The van der Waals surface area contributed by atoms with Crippen LogP contribution in [0.4, 0.5) is 22.7 Å². The van der Waals surface area contributed by atoms with Crippen molar-refractivity contribution in [1.29, 1.82) is 0 Å². The summed E-state index contributed by atoms with van der Waals surface area (Å²) >= 11 is 5.00. The molecule has 0 aromatic heterocycles. The van der Waals surface area contributed by atoms with Crippen molar-refractivity contribution in [2.24, 2.45) is 10.2 Å². The SMILES string of the molecule is CCN(CC)c1ccc(C=NN(CC(O)CSc2ccc(Sc3ccc(SCC(O)CN(N=Cc4ccc(N(CC)CC)cc4)c4ccccc4)cc3)cc2)c2ccccc2)cc1. The minimum Gasteiger partial charge on any atom is -0.390 e. The van der Waals surface area contributed by atoms with Crippen molar-refractivity contribution in [2.75, 3.05) is 70.6 Å². The van der Waals surface area contributed by atoms with Crippen LogP contribution < -0.4 is 19.8 Å². The van der Waals surface area contributed by atoms with Gasteiger partial charge in [0.2, 0.25) is 0 Å². The zero-order valence-corrected chi connectivity index (χ0v) is 39.2. The van der Waals surface area contributed by atoms with E-state index in [0.29, 0.717) is 24.6 Å². The summed E-state index contributed by atoms with van der Waals surface area (Å²) in [5.74, 6) is 1.09. The van der Waals surface area contributed by atoms with E-state index in [-0.39, 0.29) is 0 Å². The zero-order chi connectivity index (χ0) is 44.2. The number of rotatable bonds is 24. The van der Waals surface area contributed by atoms with E-state index in [1.54, 1.807) is 35.3 Å². The third kappa shape index (κ3) is 15.0. The highest BCUT2D eigenvalue weighted by molar-refractivity contribution is 8.00. The van der Waals surface area contributed by atoms with E-state index >= 15 is 0 Å². The lowest BCUT2D eigenvalue weighted by molar-refractivity contribution is 0.204. The standard InChI is InChI=1S/C52H60N6O2S3/c1-5-55(6-2)43-23-19-41(20-24-43)35-53-57(45-15-11-9-12-16-45)37-47(59)39-61-49-27-31-51(32-28-49)63-52-33-29-50(30-34-52)62-40-48(60)38-58(46-17-13-10-14-18-46)54-36-42-21-25-44(26-22-42)56(7-3)8-4/h9-36,47-48,59-60H,5-8,37-40H2,1-4H3. The number of thioether (sulfide) groups is 2. The van der Waals surface area contributed by atoms with Crippen molar-refractivity contribution >= 4 is 70.5 Å². The van der Waals surface area contributed by atoms with Gasteiger partial charge >= 0.3 is 0 Å². The van der Waals surface area contributed by atoms with E-state index in [4.69, 9.17) is 10.2 Å². The van der Waals surface area contributed by atoms with Gasteiger partial charge < -0.3 is 20.0 Å². The quantitative estimate of drug-likeness (QED) is 0.0351. The summed E-state index contributed by atoms with van der Waals surface area (Å²) in [7, 11) is 0. The largest absolute Gasteiger partial charge is 0.390 e. The Kier molecular flexibility index (Phi) is 18.9. The van der Waals surface area contributed by atoms with Crippen LogP contribution in [0, 0.1) is 0 Å². The molecule has 328 valence electrons. The summed E-state index contributed by atoms with van der Waals surface area (Å²) in [6, 6.07) is 53.9. The maximum Gasteiger partial charge on any atom is 0.0830 e. The van der Waals surface area contributed by atoms with Gasteiger partial charge in [-0.15, -0.1) is 23.5 Å². The number of hydrazone groups is 2.